The van der Waals surface area contributed by atoms with Crippen molar-refractivity contribution in [3.8, 4) is 0 Å². The van der Waals surface area contributed by atoms with Gasteiger partial charge in [0.15, 0.2) is 5.82 Å². The number of pyridine rings is 1. The van der Waals surface area contributed by atoms with Crippen molar-refractivity contribution in [2.45, 2.75) is 51.1 Å². The van der Waals surface area contributed by atoms with Crippen LogP contribution in [0.15, 0.2) is 35.3 Å². The van der Waals surface area contributed by atoms with Crippen molar-refractivity contribution in [2.75, 3.05) is 13.1 Å². The van der Waals surface area contributed by atoms with Crippen molar-refractivity contribution in [1.29, 1.82) is 0 Å². The van der Waals surface area contributed by atoms with Crippen LogP contribution in [0, 0.1) is 0 Å². The van der Waals surface area contributed by atoms with E-state index in [1.54, 1.807) is 23.1 Å². The topological polar surface area (TPSA) is 113 Å². The number of H-pyrrole nitrogens is 1. The van der Waals surface area contributed by atoms with Crippen LogP contribution >= 0.6 is 0 Å². The molecule has 0 saturated carbocycles. The van der Waals surface area contributed by atoms with Crippen molar-refractivity contribution in [3.05, 3.63) is 57.9 Å². The van der Waals surface area contributed by atoms with Crippen LogP contribution in [-0.4, -0.2) is 49.6 Å². The summed E-state index contributed by atoms with van der Waals surface area (Å²) in [5.74, 6) is 1.12. The molecule has 0 spiro atoms. The largest absolute Gasteiger partial charge is 0.360 e. The molecular formula is C23H26N6O3. The average Bonchev–Trinajstić information content (AvgIpc) is 3.38. The molecule has 32 heavy (non-hydrogen) atoms. The number of nitrogens with one attached hydrogen (secondary N) is 2. The standard InChI is InChI=1S/C23H26N6O3/c30-20(14-25-23(32)16-13-24-17-8-4-3-7-15(17)21(16)31)28-12-6-9-18(28)22-27-26-19-10-2-1-5-11-29(19)22/h3-4,7-8,13,18H,1-2,5-6,9-12,14H2,(H,24,31)(H,25,32). The first kappa shape index (κ1) is 20.4. The fourth-order valence-corrected chi connectivity index (χ4v) is 4.78. The number of benzene rings is 1. The average molecular weight is 435 g/mol. The van der Waals surface area contributed by atoms with Gasteiger partial charge in [0.2, 0.25) is 11.3 Å². The second kappa shape index (κ2) is 8.57. The minimum atomic E-state index is -0.558. The smallest absolute Gasteiger partial charge is 0.257 e. The third kappa shape index (κ3) is 3.68. The van der Waals surface area contributed by atoms with Gasteiger partial charge in [0, 0.05) is 36.6 Å². The molecule has 4 heterocycles. The van der Waals surface area contributed by atoms with Gasteiger partial charge in [0.05, 0.1) is 12.6 Å². The number of carbonyl (C=O) groups excluding carboxylic acids is 2. The molecule has 0 radical (unpaired) electrons. The molecule has 1 fully saturated rings. The summed E-state index contributed by atoms with van der Waals surface area (Å²) in [7, 11) is 0. The SMILES string of the molecule is O=C(NCC(=O)N1CCCC1c1nnc2n1CCCCC2)c1c[nH]c2ccccc2c1=O. The predicted molar refractivity (Wildman–Crippen MR) is 118 cm³/mol. The summed E-state index contributed by atoms with van der Waals surface area (Å²) in [4.78, 5) is 43.0. The Morgan fingerprint density at radius 2 is 1.97 bits per heavy atom. The molecule has 2 aromatic heterocycles. The third-order valence-corrected chi connectivity index (χ3v) is 6.44. The van der Waals surface area contributed by atoms with Gasteiger partial charge in [-0.15, -0.1) is 10.2 Å². The zero-order chi connectivity index (χ0) is 22.1. The van der Waals surface area contributed by atoms with Crippen LogP contribution < -0.4 is 10.7 Å². The van der Waals surface area contributed by atoms with Crippen LogP contribution in [0.5, 0.6) is 0 Å². The van der Waals surface area contributed by atoms with Crippen LogP contribution in [0.1, 0.15) is 60.2 Å². The molecule has 3 aromatic rings. The summed E-state index contributed by atoms with van der Waals surface area (Å²) in [6, 6.07) is 6.90. The van der Waals surface area contributed by atoms with E-state index in [1.165, 1.54) is 12.6 Å². The number of hydrogen-bond acceptors (Lipinski definition) is 5. The maximum absolute atomic E-state index is 13.0. The number of hydrogen-bond donors (Lipinski definition) is 2. The molecule has 2 aliphatic rings. The molecule has 2 aliphatic heterocycles. The number of para-hydroxylation sites is 1. The number of aromatic amines is 1. The molecule has 1 aromatic carbocycles. The highest BCUT2D eigenvalue weighted by Crippen LogP contribution is 2.32. The molecule has 9 nitrogen and oxygen atoms in total. The molecule has 1 saturated heterocycles. The van der Waals surface area contributed by atoms with Gasteiger partial charge in [-0.2, -0.15) is 0 Å². The lowest BCUT2D eigenvalue weighted by Crippen LogP contribution is -2.41. The van der Waals surface area contributed by atoms with E-state index < -0.39 is 5.91 Å². The number of nitrogens with zero attached hydrogens (tertiary/aromatic N) is 4. The van der Waals surface area contributed by atoms with Gasteiger partial charge in [-0.05, 0) is 37.8 Å². The Kier molecular flexibility index (Phi) is 5.46. The van der Waals surface area contributed by atoms with E-state index >= 15 is 0 Å². The minimum Gasteiger partial charge on any atom is -0.360 e. The Hall–Kier alpha value is -3.49. The van der Waals surface area contributed by atoms with Crippen LogP contribution in [0.2, 0.25) is 0 Å². The first-order valence-electron chi connectivity index (χ1n) is 11.2. The highest BCUT2D eigenvalue weighted by Gasteiger charge is 2.34. The monoisotopic (exact) mass is 434 g/mol. The number of carbonyl (C=O) groups is 2. The van der Waals surface area contributed by atoms with Gasteiger partial charge in [-0.25, -0.2) is 0 Å². The zero-order valence-electron chi connectivity index (χ0n) is 17.8. The van der Waals surface area contributed by atoms with Crippen molar-refractivity contribution < 1.29 is 9.59 Å². The van der Waals surface area contributed by atoms with Crippen molar-refractivity contribution in [2.24, 2.45) is 0 Å². The lowest BCUT2D eigenvalue weighted by molar-refractivity contribution is -0.131. The van der Waals surface area contributed by atoms with Gasteiger partial charge in [-0.3, -0.25) is 14.4 Å². The maximum Gasteiger partial charge on any atom is 0.257 e. The van der Waals surface area contributed by atoms with E-state index in [4.69, 9.17) is 0 Å². The summed E-state index contributed by atoms with van der Waals surface area (Å²) in [5, 5.41) is 11.9. The molecule has 0 aliphatic carbocycles. The number of rotatable bonds is 4. The first-order valence-corrected chi connectivity index (χ1v) is 11.2. The number of likely N-dealkylation sites (tertiary alicyclic amines) is 1. The number of aromatic nitrogens is 4. The Balaban J connectivity index is 1.29. The molecule has 9 heteroatoms. The Bertz CT molecular complexity index is 1230. The van der Waals surface area contributed by atoms with Crippen LogP contribution in [0.3, 0.4) is 0 Å². The predicted octanol–water partition coefficient (Wildman–Crippen LogP) is 1.94. The summed E-state index contributed by atoms with van der Waals surface area (Å²) in [6.45, 7) is 1.35. The maximum atomic E-state index is 13.0. The van der Waals surface area contributed by atoms with Crippen LogP contribution in [0.4, 0.5) is 0 Å². The molecule has 1 atom stereocenters. The number of aryl methyl sites for hydroxylation is 1. The van der Waals surface area contributed by atoms with Crippen LogP contribution in [0.25, 0.3) is 10.9 Å². The van der Waals surface area contributed by atoms with E-state index in [9.17, 15) is 14.4 Å². The van der Waals surface area contributed by atoms with E-state index in [-0.39, 0.29) is 29.5 Å². The molecule has 1 unspecified atom stereocenters. The molecule has 2 N–H and O–H groups in total. The lowest BCUT2D eigenvalue weighted by atomic mass is 10.1. The summed E-state index contributed by atoms with van der Waals surface area (Å²) >= 11 is 0. The Morgan fingerprint density at radius 1 is 1.09 bits per heavy atom. The van der Waals surface area contributed by atoms with Crippen molar-refractivity contribution in [3.63, 3.8) is 0 Å². The van der Waals surface area contributed by atoms with Gasteiger partial charge >= 0.3 is 0 Å². The van der Waals surface area contributed by atoms with Gasteiger partial charge in [-0.1, -0.05) is 18.6 Å². The van der Waals surface area contributed by atoms with Gasteiger partial charge in [0.25, 0.3) is 5.91 Å². The Morgan fingerprint density at radius 3 is 2.88 bits per heavy atom. The van der Waals surface area contributed by atoms with Gasteiger partial charge in [0.1, 0.15) is 11.4 Å². The molecular weight excluding hydrogens is 408 g/mol. The summed E-state index contributed by atoms with van der Waals surface area (Å²) in [6.07, 6.45) is 7.42. The van der Waals surface area contributed by atoms with Crippen molar-refractivity contribution in [1.82, 2.24) is 30.0 Å². The third-order valence-electron chi connectivity index (χ3n) is 6.44. The normalized spacial score (nSPS) is 18.4. The fourth-order valence-electron chi connectivity index (χ4n) is 4.78. The minimum absolute atomic E-state index is 0.00255. The lowest BCUT2D eigenvalue weighted by Gasteiger charge is -2.25. The summed E-state index contributed by atoms with van der Waals surface area (Å²) in [5.41, 5.74) is 0.309. The second-order valence-electron chi connectivity index (χ2n) is 8.44. The van der Waals surface area contributed by atoms with E-state index in [1.807, 2.05) is 6.07 Å². The molecule has 0 bridgehead atoms. The molecule has 2 amide bonds. The quantitative estimate of drug-likeness (QED) is 0.652. The fraction of sp³-hybridized carbons (Fsp3) is 0.435. The Labute approximate surface area is 184 Å². The highest BCUT2D eigenvalue weighted by molar-refractivity contribution is 5.98. The summed E-state index contributed by atoms with van der Waals surface area (Å²) < 4.78 is 2.18. The molecule has 5 rings (SSSR count). The van der Waals surface area contributed by atoms with Gasteiger partial charge < -0.3 is 19.8 Å². The van der Waals surface area contributed by atoms with E-state index in [0.29, 0.717) is 17.4 Å². The van der Waals surface area contributed by atoms with E-state index in [2.05, 4.69) is 25.1 Å². The zero-order valence-corrected chi connectivity index (χ0v) is 17.8. The van der Waals surface area contributed by atoms with Crippen molar-refractivity contribution >= 4 is 22.7 Å². The molecule has 166 valence electrons. The van der Waals surface area contributed by atoms with E-state index in [0.717, 1.165) is 50.3 Å². The second-order valence-corrected chi connectivity index (χ2v) is 8.44. The first-order chi connectivity index (χ1) is 15.6. The van der Waals surface area contributed by atoms with Crippen LogP contribution in [-0.2, 0) is 17.8 Å². The highest BCUT2D eigenvalue weighted by atomic mass is 16.2. The number of amides is 2. The number of fused-ring (bicyclic) bond motifs is 2.